The second kappa shape index (κ2) is 9.24. The molecule has 6 rings (SSSR count). The second-order valence-corrected chi connectivity index (χ2v) is 15.1. The zero-order valence-corrected chi connectivity index (χ0v) is 25.5. The standard InChI is InChI=1S/C37H46O4/c1-24-26-12-13-29-35(4,27(26)20-28(38)32(24)41-23-25-10-8-7-9-11-25)17-19-37(6)30-21-33(2,22-31(39)40)14-15-34(30,3)16-18-36(29,37)5/h7-13,20,30,38H,1,14-19,21-23H2,2-6H3,(H,39,40). The number of hydrogen-bond donors (Lipinski definition) is 2. The zero-order chi connectivity index (χ0) is 29.4. The Balaban J connectivity index is 1.40. The predicted molar refractivity (Wildman–Crippen MR) is 164 cm³/mol. The van der Waals surface area contributed by atoms with Crippen LogP contribution in [-0.4, -0.2) is 16.2 Å². The predicted octanol–water partition coefficient (Wildman–Crippen LogP) is 7.25. The molecule has 0 saturated heterocycles. The van der Waals surface area contributed by atoms with Crippen LogP contribution in [0.25, 0.3) is 12.7 Å². The molecular formula is C37H46O4. The fourth-order valence-corrected chi connectivity index (χ4v) is 9.84. The Bertz CT molecular complexity index is 1540. The Hall–Kier alpha value is -3.01. The highest BCUT2D eigenvalue weighted by Crippen LogP contribution is 2.74. The summed E-state index contributed by atoms with van der Waals surface area (Å²) in [5, 5.41) is 22.8. The van der Waals surface area contributed by atoms with Gasteiger partial charge < -0.3 is 14.9 Å². The van der Waals surface area contributed by atoms with Gasteiger partial charge in [-0.1, -0.05) is 89.3 Å². The van der Waals surface area contributed by atoms with Crippen molar-refractivity contribution in [2.24, 2.45) is 27.6 Å². The molecule has 0 radical (unpaired) electrons. The molecule has 4 heteroatoms. The number of fused-ring (bicyclic) bond motifs is 7. The molecule has 2 aromatic carbocycles. The Morgan fingerprint density at radius 1 is 0.976 bits per heavy atom. The average Bonchev–Trinajstić information content (AvgIpc) is 2.92. The summed E-state index contributed by atoms with van der Waals surface area (Å²) in [6.07, 6.45) is 12.3. The summed E-state index contributed by atoms with van der Waals surface area (Å²) in [6, 6.07) is 11.9. The van der Waals surface area contributed by atoms with Gasteiger partial charge in [-0.05, 0) is 94.9 Å². The number of carboxylic acid groups (broad SMARTS) is 1. The minimum Gasteiger partial charge on any atom is -0.504 e. The number of carboxylic acids is 1. The molecule has 6 unspecified atom stereocenters. The lowest BCUT2D eigenvalue weighted by Gasteiger charge is -2.70. The summed E-state index contributed by atoms with van der Waals surface area (Å²) >= 11 is 0. The molecule has 2 aromatic rings. The van der Waals surface area contributed by atoms with Crippen LogP contribution >= 0.6 is 0 Å². The third-order valence-electron chi connectivity index (χ3n) is 12.6. The molecule has 6 atom stereocenters. The Morgan fingerprint density at radius 3 is 2.39 bits per heavy atom. The normalized spacial score (nSPS) is 37.4. The molecule has 41 heavy (non-hydrogen) atoms. The molecule has 0 aromatic heterocycles. The zero-order valence-electron chi connectivity index (χ0n) is 25.5. The summed E-state index contributed by atoms with van der Waals surface area (Å²) in [5.74, 6) is 0.425. The second-order valence-electron chi connectivity index (χ2n) is 15.1. The third-order valence-corrected chi connectivity index (χ3v) is 12.6. The van der Waals surface area contributed by atoms with Crippen LogP contribution in [0.3, 0.4) is 0 Å². The number of aliphatic carboxylic acids is 1. The van der Waals surface area contributed by atoms with Crippen LogP contribution < -0.4 is 15.2 Å². The number of phenolic OH excluding ortho intramolecular Hbond substituents is 1. The highest BCUT2D eigenvalue weighted by molar-refractivity contribution is 5.67. The van der Waals surface area contributed by atoms with Crippen LogP contribution in [0.1, 0.15) is 97.1 Å². The molecule has 2 N–H and O–H groups in total. The first-order valence-electron chi connectivity index (χ1n) is 15.4. The number of carbonyl (C=O) groups is 1. The first kappa shape index (κ1) is 28.1. The number of benzene rings is 2. The van der Waals surface area contributed by atoms with Gasteiger partial charge in [-0.25, -0.2) is 0 Å². The highest BCUT2D eigenvalue weighted by atomic mass is 16.5. The van der Waals surface area contributed by atoms with Gasteiger partial charge in [0.05, 0.1) is 6.42 Å². The van der Waals surface area contributed by atoms with E-state index in [-0.39, 0.29) is 39.2 Å². The molecule has 4 aliphatic carbocycles. The summed E-state index contributed by atoms with van der Waals surface area (Å²) in [6.45, 7) is 16.8. The molecule has 3 fully saturated rings. The van der Waals surface area contributed by atoms with Crippen molar-refractivity contribution in [3.05, 3.63) is 69.6 Å². The Morgan fingerprint density at radius 2 is 1.68 bits per heavy atom. The molecule has 0 heterocycles. The lowest BCUT2D eigenvalue weighted by molar-refractivity contribution is -0.165. The van der Waals surface area contributed by atoms with Crippen molar-refractivity contribution in [3.63, 3.8) is 0 Å². The van der Waals surface area contributed by atoms with E-state index < -0.39 is 5.97 Å². The first-order chi connectivity index (χ1) is 19.2. The van der Waals surface area contributed by atoms with E-state index in [1.807, 2.05) is 36.4 Å². The topological polar surface area (TPSA) is 66.8 Å². The van der Waals surface area contributed by atoms with E-state index in [1.54, 1.807) is 0 Å². The molecule has 3 saturated carbocycles. The lowest BCUT2D eigenvalue weighted by atomic mass is 9.34. The Kier molecular flexibility index (Phi) is 6.34. The maximum absolute atomic E-state index is 11.8. The van der Waals surface area contributed by atoms with Crippen molar-refractivity contribution < 1.29 is 19.7 Å². The van der Waals surface area contributed by atoms with Gasteiger partial charge in [0.2, 0.25) is 0 Å². The van der Waals surface area contributed by atoms with Crippen LogP contribution in [-0.2, 0) is 16.8 Å². The van der Waals surface area contributed by atoms with Gasteiger partial charge in [-0.2, -0.15) is 0 Å². The minimum atomic E-state index is -0.673. The molecule has 0 bridgehead atoms. The van der Waals surface area contributed by atoms with Crippen LogP contribution in [0.2, 0.25) is 0 Å². The van der Waals surface area contributed by atoms with E-state index in [2.05, 4.69) is 53.3 Å². The van der Waals surface area contributed by atoms with Crippen molar-refractivity contribution in [1.82, 2.24) is 0 Å². The van der Waals surface area contributed by atoms with Crippen LogP contribution in [0.15, 0.2) is 48.0 Å². The SMILES string of the molecule is C=c1c(OCc2ccccc2)c(O)cc2c1=CC=C1C2(C)CCC2(C)C3CC(C)(CC(=O)O)CCC3(C)CCC12C. The number of phenols is 1. The van der Waals surface area contributed by atoms with Gasteiger partial charge in [-0.3, -0.25) is 4.79 Å². The molecule has 4 aliphatic rings. The molecular weight excluding hydrogens is 508 g/mol. The first-order valence-corrected chi connectivity index (χ1v) is 15.4. The number of allylic oxidation sites excluding steroid dienone is 2. The van der Waals surface area contributed by atoms with Crippen molar-refractivity contribution in [3.8, 4) is 11.5 Å². The maximum Gasteiger partial charge on any atom is 0.303 e. The van der Waals surface area contributed by atoms with Gasteiger partial charge in [0.25, 0.3) is 0 Å². The molecule has 0 amide bonds. The van der Waals surface area contributed by atoms with Crippen molar-refractivity contribution in [1.29, 1.82) is 0 Å². The van der Waals surface area contributed by atoms with Crippen molar-refractivity contribution in [2.75, 3.05) is 0 Å². The van der Waals surface area contributed by atoms with E-state index in [1.165, 1.54) is 12.0 Å². The lowest BCUT2D eigenvalue weighted by Crippen LogP contribution is -2.62. The number of hydrogen-bond acceptors (Lipinski definition) is 3. The van der Waals surface area contributed by atoms with E-state index >= 15 is 0 Å². The van der Waals surface area contributed by atoms with E-state index in [4.69, 9.17) is 4.74 Å². The van der Waals surface area contributed by atoms with Gasteiger partial charge in [0.1, 0.15) is 6.61 Å². The van der Waals surface area contributed by atoms with Crippen LogP contribution in [0.4, 0.5) is 0 Å². The van der Waals surface area contributed by atoms with Gasteiger partial charge >= 0.3 is 5.97 Å². The van der Waals surface area contributed by atoms with Crippen LogP contribution in [0, 0.1) is 27.6 Å². The van der Waals surface area contributed by atoms with E-state index in [0.717, 1.165) is 60.1 Å². The van der Waals surface area contributed by atoms with Crippen molar-refractivity contribution >= 4 is 18.6 Å². The fourth-order valence-electron chi connectivity index (χ4n) is 9.84. The summed E-state index contributed by atoms with van der Waals surface area (Å²) < 4.78 is 6.13. The maximum atomic E-state index is 11.8. The van der Waals surface area contributed by atoms with Gasteiger partial charge in [0, 0.05) is 10.6 Å². The number of rotatable bonds is 5. The molecule has 0 aliphatic heterocycles. The number of aromatic hydroxyl groups is 1. The summed E-state index contributed by atoms with van der Waals surface area (Å²) in [4.78, 5) is 11.8. The average molecular weight is 555 g/mol. The smallest absolute Gasteiger partial charge is 0.303 e. The molecule has 0 spiro atoms. The van der Waals surface area contributed by atoms with E-state index in [9.17, 15) is 15.0 Å². The largest absolute Gasteiger partial charge is 0.504 e. The quantitative estimate of drug-likeness (QED) is 0.409. The van der Waals surface area contributed by atoms with Crippen molar-refractivity contribution in [2.45, 2.75) is 98.0 Å². The van der Waals surface area contributed by atoms with Gasteiger partial charge in [-0.15, -0.1) is 0 Å². The monoisotopic (exact) mass is 554 g/mol. The highest BCUT2D eigenvalue weighted by Gasteiger charge is 2.66. The summed E-state index contributed by atoms with van der Waals surface area (Å²) in [5.41, 5.74) is 3.63. The molecule has 4 nitrogen and oxygen atoms in total. The third kappa shape index (κ3) is 4.11. The fraction of sp³-hybridized carbons (Fsp3) is 0.541. The van der Waals surface area contributed by atoms with E-state index in [0.29, 0.717) is 18.3 Å². The van der Waals surface area contributed by atoms with Gasteiger partial charge in [0.15, 0.2) is 11.5 Å². The Labute approximate surface area is 244 Å². The van der Waals surface area contributed by atoms with Crippen LogP contribution in [0.5, 0.6) is 11.5 Å². The minimum absolute atomic E-state index is 0.0146. The summed E-state index contributed by atoms with van der Waals surface area (Å²) in [7, 11) is 0. The number of ether oxygens (including phenoxy) is 1. The molecule has 218 valence electrons.